The third-order valence-corrected chi connectivity index (χ3v) is 6.13. The molecule has 5 rings (SSSR count). The third-order valence-electron chi connectivity index (χ3n) is 6.13. The lowest BCUT2D eigenvalue weighted by Crippen LogP contribution is -2.48. The minimum Gasteiger partial charge on any atom is -0.368 e. The molecule has 0 bridgehead atoms. The molecule has 1 aromatic carbocycles. The van der Waals surface area contributed by atoms with Crippen LogP contribution in [-0.4, -0.2) is 69.9 Å². The molecule has 9 heteroatoms. The Balaban J connectivity index is 1.18. The zero-order chi connectivity index (χ0) is 21.2. The standard InChI is InChI=1S/C22H26FN7O/c23-17-3-5-18(6-4-17)27-13-15-29(16-14-27)22(31)10-9-20-25-24-19-7-8-21(26-30(19)20)28-11-1-2-12-28/h3-8H,1-2,9-16H2. The van der Waals surface area contributed by atoms with Crippen molar-refractivity contribution in [3.63, 3.8) is 0 Å². The van der Waals surface area contributed by atoms with Gasteiger partial charge in [0.05, 0.1) is 0 Å². The lowest BCUT2D eigenvalue weighted by Gasteiger charge is -2.36. The SMILES string of the molecule is O=C(CCc1nnc2ccc(N3CCCC3)nn12)N1CCN(c2ccc(F)cc2)CC1. The summed E-state index contributed by atoms with van der Waals surface area (Å²) in [7, 11) is 0. The Morgan fingerprint density at radius 2 is 1.61 bits per heavy atom. The van der Waals surface area contributed by atoms with E-state index in [4.69, 9.17) is 5.10 Å². The van der Waals surface area contributed by atoms with Gasteiger partial charge in [-0.1, -0.05) is 0 Å². The number of rotatable bonds is 5. The highest BCUT2D eigenvalue weighted by Gasteiger charge is 2.22. The number of carbonyl (C=O) groups excluding carboxylic acids is 1. The monoisotopic (exact) mass is 423 g/mol. The maximum absolute atomic E-state index is 13.1. The van der Waals surface area contributed by atoms with Gasteiger partial charge in [-0.2, -0.15) is 4.52 Å². The number of benzene rings is 1. The average molecular weight is 423 g/mol. The largest absolute Gasteiger partial charge is 0.368 e. The highest BCUT2D eigenvalue weighted by Crippen LogP contribution is 2.19. The first kappa shape index (κ1) is 19.7. The van der Waals surface area contributed by atoms with Gasteiger partial charge in [0.2, 0.25) is 5.91 Å². The summed E-state index contributed by atoms with van der Waals surface area (Å²) in [5.74, 6) is 1.54. The van der Waals surface area contributed by atoms with Crippen LogP contribution in [0.15, 0.2) is 36.4 Å². The summed E-state index contributed by atoms with van der Waals surface area (Å²) in [4.78, 5) is 19.1. The van der Waals surface area contributed by atoms with E-state index in [-0.39, 0.29) is 11.7 Å². The number of halogens is 1. The van der Waals surface area contributed by atoms with Crippen molar-refractivity contribution in [2.75, 3.05) is 49.1 Å². The number of fused-ring (bicyclic) bond motifs is 1. The van der Waals surface area contributed by atoms with Gasteiger partial charge in [0, 0.05) is 57.8 Å². The molecule has 1 amide bonds. The van der Waals surface area contributed by atoms with Crippen LogP contribution in [0.4, 0.5) is 15.9 Å². The van der Waals surface area contributed by atoms with Crippen LogP contribution in [-0.2, 0) is 11.2 Å². The summed E-state index contributed by atoms with van der Waals surface area (Å²) >= 11 is 0. The number of hydrogen-bond acceptors (Lipinski definition) is 6. The molecule has 0 atom stereocenters. The fourth-order valence-electron chi connectivity index (χ4n) is 4.34. The Morgan fingerprint density at radius 3 is 2.35 bits per heavy atom. The molecular weight excluding hydrogens is 397 g/mol. The fraction of sp³-hybridized carbons (Fsp3) is 0.455. The molecule has 8 nitrogen and oxygen atoms in total. The van der Waals surface area contributed by atoms with E-state index in [0.717, 1.165) is 37.7 Å². The predicted octanol–water partition coefficient (Wildman–Crippen LogP) is 2.15. The highest BCUT2D eigenvalue weighted by molar-refractivity contribution is 5.76. The molecule has 3 aromatic rings. The summed E-state index contributed by atoms with van der Waals surface area (Å²) in [5, 5.41) is 13.2. The van der Waals surface area contributed by atoms with Crippen LogP contribution in [0, 0.1) is 5.82 Å². The minimum absolute atomic E-state index is 0.117. The summed E-state index contributed by atoms with van der Waals surface area (Å²) in [6.07, 6.45) is 3.27. The second-order valence-corrected chi connectivity index (χ2v) is 8.12. The third kappa shape index (κ3) is 4.17. The van der Waals surface area contributed by atoms with Gasteiger partial charge >= 0.3 is 0 Å². The molecule has 2 aromatic heterocycles. The molecule has 0 unspecified atom stereocenters. The van der Waals surface area contributed by atoms with Gasteiger partial charge in [0.25, 0.3) is 0 Å². The highest BCUT2D eigenvalue weighted by atomic mass is 19.1. The van der Waals surface area contributed by atoms with E-state index in [1.54, 1.807) is 16.6 Å². The quantitative estimate of drug-likeness (QED) is 0.626. The predicted molar refractivity (Wildman–Crippen MR) is 116 cm³/mol. The van der Waals surface area contributed by atoms with Gasteiger partial charge < -0.3 is 14.7 Å². The molecule has 0 N–H and O–H groups in total. The van der Waals surface area contributed by atoms with Gasteiger partial charge in [-0.15, -0.1) is 15.3 Å². The van der Waals surface area contributed by atoms with Crippen LogP contribution < -0.4 is 9.80 Å². The Kier molecular flexibility index (Phi) is 5.40. The van der Waals surface area contributed by atoms with Crippen molar-refractivity contribution >= 4 is 23.1 Å². The molecule has 0 aliphatic carbocycles. The van der Waals surface area contributed by atoms with Crippen LogP contribution >= 0.6 is 0 Å². The number of aromatic nitrogens is 4. The number of nitrogens with zero attached hydrogens (tertiary/aromatic N) is 7. The molecule has 2 aliphatic rings. The summed E-state index contributed by atoms with van der Waals surface area (Å²) < 4.78 is 14.9. The Bertz CT molecular complexity index is 1050. The smallest absolute Gasteiger partial charge is 0.223 e. The Morgan fingerprint density at radius 1 is 0.871 bits per heavy atom. The zero-order valence-corrected chi connectivity index (χ0v) is 17.5. The second kappa shape index (κ2) is 8.49. The number of hydrogen-bond donors (Lipinski definition) is 0. The van der Waals surface area contributed by atoms with E-state index in [1.807, 2.05) is 17.0 Å². The van der Waals surface area contributed by atoms with Gasteiger partial charge in [0.15, 0.2) is 11.5 Å². The first-order valence-electron chi connectivity index (χ1n) is 10.9. The lowest BCUT2D eigenvalue weighted by molar-refractivity contribution is -0.131. The topological polar surface area (TPSA) is 69.9 Å². The van der Waals surface area contributed by atoms with Crippen LogP contribution in [0.1, 0.15) is 25.1 Å². The van der Waals surface area contributed by atoms with Crippen LogP contribution in [0.25, 0.3) is 5.65 Å². The molecule has 162 valence electrons. The average Bonchev–Trinajstić information content (AvgIpc) is 3.48. The maximum Gasteiger partial charge on any atom is 0.223 e. The Hall–Kier alpha value is -3.23. The van der Waals surface area contributed by atoms with E-state index >= 15 is 0 Å². The van der Waals surface area contributed by atoms with Crippen LogP contribution in [0.2, 0.25) is 0 Å². The first-order valence-corrected chi connectivity index (χ1v) is 10.9. The Labute approximate surface area is 180 Å². The van der Waals surface area contributed by atoms with E-state index in [2.05, 4.69) is 20.0 Å². The molecule has 2 fully saturated rings. The number of aryl methyl sites for hydroxylation is 1. The van der Waals surface area contributed by atoms with E-state index < -0.39 is 0 Å². The number of piperazine rings is 1. The zero-order valence-electron chi connectivity index (χ0n) is 17.5. The molecule has 31 heavy (non-hydrogen) atoms. The molecule has 2 saturated heterocycles. The van der Waals surface area contributed by atoms with Crippen molar-refractivity contribution in [3.05, 3.63) is 48.0 Å². The van der Waals surface area contributed by atoms with Crippen LogP contribution in [0.5, 0.6) is 0 Å². The van der Waals surface area contributed by atoms with E-state index in [0.29, 0.717) is 37.4 Å². The summed E-state index contributed by atoms with van der Waals surface area (Å²) in [6, 6.07) is 10.4. The summed E-state index contributed by atoms with van der Waals surface area (Å²) in [5.41, 5.74) is 1.70. The molecule has 4 heterocycles. The van der Waals surface area contributed by atoms with Gasteiger partial charge in [-0.3, -0.25) is 4.79 Å². The second-order valence-electron chi connectivity index (χ2n) is 8.12. The molecule has 0 radical (unpaired) electrons. The van der Waals surface area contributed by atoms with Crippen molar-refractivity contribution in [2.45, 2.75) is 25.7 Å². The van der Waals surface area contributed by atoms with Gasteiger partial charge in [-0.25, -0.2) is 4.39 Å². The number of amides is 1. The van der Waals surface area contributed by atoms with E-state index in [1.165, 1.54) is 25.0 Å². The molecule has 0 saturated carbocycles. The maximum atomic E-state index is 13.1. The summed E-state index contributed by atoms with van der Waals surface area (Å²) in [6.45, 7) is 4.86. The van der Waals surface area contributed by atoms with Crippen molar-refractivity contribution in [1.82, 2.24) is 24.7 Å². The molecular formula is C22H26FN7O. The van der Waals surface area contributed by atoms with Crippen LogP contribution in [0.3, 0.4) is 0 Å². The minimum atomic E-state index is -0.236. The van der Waals surface area contributed by atoms with Crippen molar-refractivity contribution in [1.29, 1.82) is 0 Å². The fourth-order valence-corrected chi connectivity index (χ4v) is 4.34. The first-order chi connectivity index (χ1) is 15.2. The normalized spacial score (nSPS) is 17.0. The number of carbonyl (C=O) groups is 1. The van der Waals surface area contributed by atoms with Crippen molar-refractivity contribution < 1.29 is 9.18 Å². The molecule has 2 aliphatic heterocycles. The van der Waals surface area contributed by atoms with E-state index in [9.17, 15) is 9.18 Å². The van der Waals surface area contributed by atoms with Crippen molar-refractivity contribution in [3.8, 4) is 0 Å². The van der Waals surface area contributed by atoms with Crippen molar-refractivity contribution in [2.24, 2.45) is 0 Å². The number of anilines is 2. The van der Waals surface area contributed by atoms with Gasteiger partial charge in [-0.05, 0) is 49.2 Å². The van der Waals surface area contributed by atoms with Gasteiger partial charge in [0.1, 0.15) is 11.6 Å². The molecule has 0 spiro atoms. The lowest BCUT2D eigenvalue weighted by atomic mass is 10.2.